The summed E-state index contributed by atoms with van der Waals surface area (Å²) in [5.41, 5.74) is 0.862. The van der Waals surface area contributed by atoms with Crippen LogP contribution in [0.25, 0.3) is 0 Å². The van der Waals surface area contributed by atoms with E-state index in [2.05, 4.69) is 10.2 Å². The van der Waals surface area contributed by atoms with E-state index in [0.29, 0.717) is 0 Å². The molecule has 7 heteroatoms. The number of amides is 1. The monoisotopic (exact) mass is 365 g/mol. The van der Waals surface area contributed by atoms with E-state index in [1.165, 1.54) is 12.1 Å². The lowest BCUT2D eigenvalue weighted by atomic mass is 10.0. The number of halogens is 1. The van der Waals surface area contributed by atoms with Gasteiger partial charge in [0.1, 0.15) is 5.82 Å². The molecule has 1 aromatic rings. The molecule has 1 aliphatic heterocycles. The van der Waals surface area contributed by atoms with Crippen LogP contribution in [0.3, 0.4) is 0 Å². The van der Waals surface area contributed by atoms with Crippen LogP contribution in [0.5, 0.6) is 0 Å². The summed E-state index contributed by atoms with van der Waals surface area (Å²) in [6, 6.07) is 5.91. The van der Waals surface area contributed by atoms with E-state index in [1.807, 2.05) is 25.8 Å². The first-order valence-electron chi connectivity index (χ1n) is 9.00. The number of aliphatic carboxylic acids is 1. The molecule has 0 radical (unpaired) electrons. The maximum Gasteiger partial charge on any atom is 0.317 e. The molecule has 2 N–H and O–H groups in total. The summed E-state index contributed by atoms with van der Waals surface area (Å²) in [7, 11) is 1.83. The van der Waals surface area contributed by atoms with E-state index in [1.54, 1.807) is 12.1 Å². The first-order chi connectivity index (χ1) is 12.3. The van der Waals surface area contributed by atoms with Crippen LogP contribution >= 0.6 is 0 Å². The molecule has 1 heterocycles. The van der Waals surface area contributed by atoms with Crippen molar-refractivity contribution >= 4 is 11.9 Å². The van der Waals surface area contributed by atoms with Crippen molar-refractivity contribution in [2.75, 3.05) is 26.7 Å². The van der Waals surface area contributed by atoms with Gasteiger partial charge in [-0.25, -0.2) is 4.39 Å². The highest BCUT2D eigenvalue weighted by Crippen LogP contribution is 2.18. The van der Waals surface area contributed by atoms with Gasteiger partial charge in [-0.05, 0) is 51.4 Å². The molecular formula is C19H28FN3O3. The van der Waals surface area contributed by atoms with Crippen molar-refractivity contribution in [1.82, 2.24) is 15.1 Å². The van der Waals surface area contributed by atoms with Crippen LogP contribution in [0.15, 0.2) is 24.3 Å². The van der Waals surface area contributed by atoms with Crippen LogP contribution in [-0.2, 0) is 9.59 Å². The van der Waals surface area contributed by atoms with Crippen molar-refractivity contribution in [3.8, 4) is 0 Å². The molecule has 0 saturated carbocycles. The number of hydrogen-bond donors (Lipinski definition) is 2. The molecule has 2 rings (SSSR count). The number of carboxylic acids is 1. The fourth-order valence-electron chi connectivity index (χ4n) is 3.39. The molecule has 1 fully saturated rings. The molecule has 144 valence electrons. The standard InChI is InChI=1S/C19H28FN3O3/c1-13(15-4-6-16(20)7-5-15)21-19(26)14(2)23-10-8-17(9-11-23)22(3)12-18(24)25/h4-7,13-14,17H,8-12H2,1-3H3,(H,21,26)(H,24,25). The quantitative estimate of drug-likeness (QED) is 0.772. The molecule has 2 unspecified atom stereocenters. The fraction of sp³-hybridized carbons (Fsp3) is 0.579. The number of likely N-dealkylation sites (tertiary alicyclic amines) is 1. The molecule has 1 amide bonds. The number of hydrogen-bond acceptors (Lipinski definition) is 4. The number of carbonyl (C=O) groups excluding carboxylic acids is 1. The molecule has 6 nitrogen and oxygen atoms in total. The van der Waals surface area contributed by atoms with Gasteiger partial charge in [0, 0.05) is 19.1 Å². The summed E-state index contributed by atoms with van der Waals surface area (Å²) in [6.07, 6.45) is 1.68. The van der Waals surface area contributed by atoms with Crippen molar-refractivity contribution in [3.63, 3.8) is 0 Å². The molecule has 0 aromatic heterocycles. The van der Waals surface area contributed by atoms with Crippen LogP contribution in [0.4, 0.5) is 4.39 Å². The zero-order valence-corrected chi connectivity index (χ0v) is 15.6. The summed E-state index contributed by atoms with van der Waals surface area (Å²) in [6.45, 7) is 5.32. The lowest BCUT2D eigenvalue weighted by Gasteiger charge is -2.38. The minimum atomic E-state index is -0.822. The van der Waals surface area contributed by atoms with Gasteiger partial charge >= 0.3 is 5.97 Å². The van der Waals surface area contributed by atoms with Crippen LogP contribution in [-0.4, -0.2) is 65.5 Å². The van der Waals surface area contributed by atoms with Crippen molar-refractivity contribution in [2.24, 2.45) is 0 Å². The number of nitrogens with zero attached hydrogens (tertiary/aromatic N) is 2. The number of benzene rings is 1. The maximum absolute atomic E-state index is 13.0. The molecule has 1 saturated heterocycles. The van der Waals surface area contributed by atoms with E-state index >= 15 is 0 Å². The van der Waals surface area contributed by atoms with E-state index in [0.717, 1.165) is 31.5 Å². The zero-order valence-electron chi connectivity index (χ0n) is 15.6. The summed E-state index contributed by atoms with van der Waals surface area (Å²) < 4.78 is 13.0. The van der Waals surface area contributed by atoms with Crippen LogP contribution in [0.2, 0.25) is 0 Å². The Bertz CT molecular complexity index is 615. The van der Waals surface area contributed by atoms with Gasteiger partial charge in [-0.15, -0.1) is 0 Å². The van der Waals surface area contributed by atoms with Crippen molar-refractivity contribution in [1.29, 1.82) is 0 Å². The summed E-state index contributed by atoms with van der Waals surface area (Å²) in [5, 5.41) is 11.9. The third kappa shape index (κ3) is 5.51. The average molecular weight is 365 g/mol. The van der Waals surface area contributed by atoms with Gasteiger partial charge in [0.25, 0.3) is 0 Å². The number of rotatable bonds is 7. The van der Waals surface area contributed by atoms with Crippen LogP contribution in [0, 0.1) is 5.82 Å². The Hall–Kier alpha value is -1.99. The first kappa shape index (κ1) is 20.3. The van der Waals surface area contributed by atoms with Crippen molar-refractivity contribution in [2.45, 2.75) is 44.8 Å². The largest absolute Gasteiger partial charge is 0.480 e. The Morgan fingerprint density at radius 2 is 1.85 bits per heavy atom. The van der Waals surface area contributed by atoms with Gasteiger partial charge in [0.2, 0.25) is 5.91 Å². The Labute approximate surface area is 154 Å². The number of piperidine rings is 1. The second-order valence-electron chi connectivity index (χ2n) is 7.03. The maximum atomic E-state index is 13.0. The molecule has 0 bridgehead atoms. The van der Waals surface area contributed by atoms with E-state index in [4.69, 9.17) is 5.11 Å². The third-order valence-corrected chi connectivity index (χ3v) is 5.16. The van der Waals surface area contributed by atoms with E-state index in [-0.39, 0.29) is 36.4 Å². The topological polar surface area (TPSA) is 72.9 Å². The Morgan fingerprint density at radius 1 is 1.27 bits per heavy atom. The number of likely N-dealkylation sites (N-methyl/N-ethyl adjacent to an activating group) is 1. The molecule has 26 heavy (non-hydrogen) atoms. The molecular weight excluding hydrogens is 337 g/mol. The number of nitrogens with one attached hydrogen (secondary N) is 1. The number of carboxylic acid groups (broad SMARTS) is 1. The normalized spacial score (nSPS) is 18.5. The Balaban J connectivity index is 1.83. The van der Waals surface area contributed by atoms with Gasteiger partial charge in [-0.3, -0.25) is 19.4 Å². The summed E-state index contributed by atoms with van der Waals surface area (Å²) in [5.74, 6) is -1.17. The molecule has 0 aliphatic carbocycles. The smallest absolute Gasteiger partial charge is 0.317 e. The molecule has 0 spiro atoms. The lowest BCUT2D eigenvalue weighted by molar-refractivity contribution is -0.138. The Morgan fingerprint density at radius 3 is 2.38 bits per heavy atom. The highest BCUT2D eigenvalue weighted by Gasteiger charge is 2.29. The number of carbonyl (C=O) groups is 2. The average Bonchev–Trinajstić information content (AvgIpc) is 2.61. The van der Waals surface area contributed by atoms with Crippen molar-refractivity contribution in [3.05, 3.63) is 35.6 Å². The Kier molecular flexibility index (Phi) is 7.11. The van der Waals surface area contributed by atoms with Gasteiger partial charge in [0.15, 0.2) is 0 Å². The van der Waals surface area contributed by atoms with Gasteiger partial charge < -0.3 is 10.4 Å². The van der Waals surface area contributed by atoms with Gasteiger partial charge in [-0.2, -0.15) is 0 Å². The van der Waals surface area contributed by atoms with Crippen molar-refractivity contribution < 1.29 is 19.1 Å². The minimum absolute atomic E-state index is 0.0376. The highest BCUT2D eigenvalue weighted by molar-refractivity contribution is 5.81. The second-order valence-corrected chi connectivity index (χ2v) is 7.03. The SMILES string of the molecule is CC(NC(=O)C(C)N1CCC(N(C)CC(=O)O)CC1)c1ccc(F)cc1. The third-order valence-electron chi connectivity index (χ3n) is 5.16. The summed E-state index contributed by atoms with van der Waals surface area (Å²) in [4.78, 5) is 27.4. The van der Waals surface area contributed by atoms with Gasteiger partial charge in [-0.1, -0.05) is 12.1 Å². The lowest BCUT2D eigenvalue weighted by Crippen LogP contribution is -2.51. The molecule has 1 aromatic carbocycles. The molecule has 2 atom stereocenters. The van der Waals surface area contributed by atoms with E-state index in [9.17, 15) is 14.0 Å². The van der Waals surface area contributed by atoms with Crippen LogP contribution < -0.4 is 5.32 Å². The molecule has 1 aliphatic rings. The van der Waals surface area contributed by atoms with E-state index < -0.39 is 5.97 Å². The predicted molar refractivity (Wildman–Crippen MR) is 97.3 cm³/mol. The summed E-state index contributed by atoms with van der Waals surface area (Å²) >= 11 is 0. The fourth-order valence-corrected chi connectivity index (χ4v) is 3.39. The highest BCUT2D eigenvalue weighted by atomic mass is 19.1. The van der Waals surface area contributed by atoms with Crippen LogP contribution in [0.1, 0.15) is 38.3 Å². The predicted octanol–water partition coefficient (Wildman–Crippen LogP) is 1.87. The zero-order chi connectivity index (χ0) is 19.3. The van der Waals surface area contributed by atoms with Gasteiger partial charge in [0.05, 0.1) is 18.6 Å². The first-order valence-corrected chi connectivity index (χ1v) is 9.00. The minimum Gasteiger partial charge on any atom is -0.480 e. The second kappa shape index (κ2) is 9.09.